The Labute approximate surface area is 226 Å². The molecule has 0 unspecified atom stereocenters. The number of esters is 1. The molecule has 0 atom stereocenters. The smallest absolute Gasteiger partial charge is 0.343 e. The van der Waals surface area contributed by atoms with E-state index >= 15 is 0 Å². The van der Waals surface area contributed by atoms with E-state index in [2.05, 4.69) is 0 Å². The van der Waals surface area contributed by atoms with Crippen LogP contribution in [0.2, 0.25) is 15.1 Å². The van der Waals surface area contributed by atoms with Crippen LogP contribution in [0.3, 0.4) is 0 Å². The fourth-order valence-electron chi connectivity index (χ4n) is 3.39. The van der Waals surface area contributed by atoms with Crippen molar-refractivity contribution in [3.05, 3.63) is 96.8 Å². The number of amides is 2. The Morgan fingerprint density at radius 1 is 1.00 bits per heavy atom. The molecule has 3 aromatic carbocycles. The summed E-state index contributed by atoms with van der Waals surface area (Å²) < 4.78 is 10.9. The van der Waals surface area contributed by atoms with E-state index in [4.69, 9.17) is 44.3 Å². The van der Waals surface area contributed by atoms with E-state index in [1.165, 1.54) is 19.3 Å². The number of aryl methyl sites for hydroxylation is 1. The summed E-state index contributed by atoms with van der Waals surface area (Å²) in [6.45, 7) is 1.85. The van der Waals surface area contributed by atoms with Gasteiger partial charge < -0.3 is 9.47 Å². The Morgan fingerprint density at radius 3 is 2.31 bits per heavy atom. The van der Waals surface area contributed by atoms with E-state index in [1.54, 1.807) is 48.5 Å². The molecule has 184 valence electrons. The molecule has 10 heteroatoms. The van der Waals surface area contributed by atoms with E-state index in [0.717, 1.165) is 22.2 Å². The molecule has 1 heterocycles. The van der Waals surface area contributed by atoms with Gasteiger partial charge in [0.25, 0.3) is 11.1 Å². The molecule has 3 aromatic rings. The molecule has 0 radical (unpaired) electrons. The van der Waals surface area contributed by atoms with Crippen LogP contribution in [0, 0.1) is 6.92 Å². The minimum atomic E-state index is -0.595. The maximum atomic E-state index is 13.0. The highest BCUT2D eigenvalue weighted by atomic mass is 35.5. The number of nitrogens with zero attached hydrogens (tertiary/aromatic N) is 1. The van der Waals surface area contributed by atoms with Gasteiger partial charge in [0.15, 0.2) is 11.5 Å². The number of hydrogen-bond acceptors (Lipinski definition) is 6. The van der Waals surface area contributed by atoms with Gasteiger partial charge in [-0.1, -0.05) is 58.6 Å². The number of hydrogen-bond donors (Lipinski definition) is 0. The molecule has 2 amide bonds. The normalized spacial score (nSPS) is 14.5. The molecule has 4 rings (SSSR count). The zero-order chi connectivity index (χ0) is 26.0. The van der Waals surface area contributed by atoms with Gasteiger partial charge in [0.2, 0.25) is 0 Å². The third-order valence-electron chi connectivity index (χ3n) is 5.28. The van der Waals surface area contributed by atoms with Crippen molar-refractivity contribution in [1.82, 2.24) is 4.90 Å². The minimum absolute atomic E-state index is 0.0448. The highest BCUT2D eigenvalue weighted by Gasteiger charge is 2.36. The topological polar surface area (TPSA) is 72.9 Å². The monoisotopic (exact) mass is 561 g/mol. The second-order valence-electron chi connectivity index (χ2n) is 7.76. The van der Waals surface area contributed by atoms with E-state index in [9.17, 15) is 14.4 Å². The first kappa shape index (κ1) is 26.1. The molecule has 36 heavy (non-hydrogen) atoms. The van der Waals surface area contributed by atoms with E-state index in [0.29, 0.717) is 26.7 Å². The van der Waals surface area contributed by atoms with E-state index in [1.807, 2.05) is 6.92 Å². The van der Waals surface area contributed by atoms with Crippen molar-refractivity contribution in [3.63, 3.8) is 0 Å². The van der Waals surface area contributed by atoms with Gasteiger partial charge in [0.05, 0.1) is 29.1 Å². The summed E-state index contributed by atoms with van der Waals surface area (Å²) in [5, 5.41) is 0.364. The van der Waals surface area contributed by atoms with Crippen LogP contribution in [0.25, 0.3) is 6.08 Å². The van der Waals surface area contributed by atoms with Gasteiger partial charge in [-0.15, -0.1) is 0 Å². The first-order valence-corrected chi connectivity index (χ1v) is 12.5. The number of imide groups is 1. The summed E-state index contributed by atoms with van der Waals surface area (Å²) in [6.07, 6.45) is 1.51. The van der Waals surface area contributed by atoms with Crippen LogP contribution in [-0.2, 0) is 11.3 Å². The maximum absolute atomic E-state index is 13.0. The molecule has 0 spiro atoms. The predicted molar refractivity (Wildman–Crippen MR) is 142 cm³/mol. The third kappa shape index (κ3) is 5.55. The predicted octanol–water partition coefficient (Wildman–Crippen LogP) is 7.42. The summed E-state index contributed by atoms with van der Waals surface area (Å²) in [5.41, 5.74) is 2.32. The van der Waals surface area contributed by atoms with Crippen LogP contribution >= 0.6 is 46.6 Å². The van der Waals surface area contributed by atoms with Gasteiger partial charge in [0.1, 0.15) is 0 Å². The third-order valence-corrected chi connectivity index (χ3v) is 7.18. The number of benzene rings is 3. The number of methoxy groups -OCH3 is 1. The highest BCUT2D eigenvalue weighted by molar-refractivity contribution is 8.18. The first-order valence-electron chi connectivity index (χ1n) is 10.5. The Bertz CT molecular complexity index is 1390. The van der Waals surface area contributed by atoms with Crippen molar-refractivity contribution >= 4 is 69.8 Å². The van der Waals surface area contributed by atoms with Crippen LogP contribution < -0.4 is 9.47 Å². The average molecular weight is 563 g/mol. The summed E-state index contributed by atoms with van der Waals surface area (Å²) in [7, 11) is 1.40. The average Bonchev–Trinajstić information content (AvgIpc) is 3.10. The Kier molecular flexibility index (Phi) is 7.95. The summed E-state index contributed by atoms with van der Waals surface area (Å²) in [4.78, 5) is 39.4. The van der Waals surface area contributed by atoms with Crippen LogP contribution in [0.15, 0.2) is 59.5 Å². The van der Waals surface area contributed by atoms with Gasteiger partial charge >= 0.3 is 5.97 Å². The van der Waals surface area contributed by atoms with Crippen molar-refractivity contribution in [2.24, 2.45) is 0 Å². The van der Waals surface area contributed by atoms with Crippen LogP contribution in [0.5, 0.6) is 11.5 Å². The van der Waals surface area contributed by atoms with Crippen LogP contribution in [-0.4, -0.2) is 29.1 Å². The lowest BCUT2D eigenvalue weighted by atomic mass is 10.1. The lowest BCUT2D eigenvalue weighted by molar-refractivity contribution is -0.123. The second kappa shape index (κ2) is 11.0. The van der Waals surface area contributed by atoms with Gasteiger partial charge in [-0.2, -0.15) is 0 Å². The fraction of sp³-hybridized carbons (Fsp3) is 0.115. The van der Waals surface area contributed by atoms with E-state index < -0.39 is 17.1 Å². The number of thioether (sulfide) groups is 1. The van der Waals surface area contributed by atoms with Crippen LogP contribution in [0.1, 0.15) is 27.0 Å². The molecule has 0 aromatic heterocycles. The molecule has 0 N–H and O–H groups in total. The molecule has 1 aliphatic heterocycles. The molecular weight excluding hydrogens is 545 g/mol. The molecule has 1 fully saturated rings. The molecular formula is C26H18Cl3NO5S. The van der Waals surface area contributed by atoms with Crippen molar-refractivity contribution in [2.45, 2.75) is 13.5 Å². The zero-order valence-corrected chi connectivity index (χ0v) is 22.1. The standard InChI is InChI=1S/C26H18Cl3NO5S/c1-14-6-8-16(9-7-14)25(32)35-23-20(29)10-15(11-21(23)34-2)12-22-24(31)30(26(33)36-22)13-17-18(27)4-3-5-19(17)28/h3-12H,13H2,1-2H3/b22-12-. The van der Waals surface area contributed by atoms with Gasteiger partial charge in [-0.05, 0) is 66.7 Å². The molecule has 0 saturated carbocycles. The highest BCUT2D eigenvalue weighted by Crippen LogP contribution is 2.40. The van der Waals surface area contributed by atoms with Gasteiger partial charge in [-0.3, -0.25) is 14.5 Å². The van der Waals surface area contributed by atoms with Crippen molar-refractivity contribution in [3.8, 4) is 11.5 Å². The Balaban J connectivity index is 1.58. The van der Waals surface area contributed by atoms with Crippen molar-refractivity contribution in [1.29, 1.82) is 0 Å². The largest absolute Gasteiger partial charge is 0.493 e. The number of carbonyl (C=O) groups is 3. The Hall–Kier alpha value is -2.97. The maximum Gasteiger partial charge on any atom is 0.343 e. The quantitative estimate of drug-likeness (QED) is 0.177. The second-order valence-corrected chi connectivity index (χ2v) is 9.97. The number of carbonyl (C=O) groups excluding carboxylic acids is 3. The van der Waals surface area contributed by atoms with Crippen molar-refractivity contribution < 1.29 is 23.9 Å². The minimum Gasteiger partial charge on any atom is -0.493 e. The molecule has 0 aliphatic carbocycles. The molecule has 0 bridgehead atoms. The summed E-state index contributed by atoms with van der Waals surface area (Å²) in [5.74, 6) is -0.854. The number of halogens is 3. The molecule has 1 saturated heterocycles. The number of ether oxygens (including phenoxy) is 2. The Morgan fingerprint density at radius 2 is 1.67 bits per heavy atom. The van der Waals surface area contributed by atoms with Crippen molar-refractivity contribution in [2.75, 3.05) is 7.11 Å². The van der Waals surface area contributed by atoms with Gasteiger partial charge in [0, 0.05) is 15.6 Å². The number of rotatable bonds is 6. The summed E-state index contributed by atoms with van der Waals surface area (Å²) in [6, 6.07) is 14.9. The summed E-state index contributed by atoms with van der Waals surface area (Å²) >= 11 is 19.6. The molecule has 6 nitrogen and oxygen atoms in total. The SMILES string of the molecule is COc1cc(/C=C2\SC(=O)N(Cc3c(Cl)cccc3Cl)C2=O)cc(Cl)c1OC(=O)c1ccc(C)cc1. The first-order chi connectivity index (χ1) is 17.2. The zero-order valence-electron chi connectivity index (χ0n) is 19.0. The molecule has 1 aliphatic rings. The van der Waals surface area contributed by atoms with Gasteiger partial charge in [-0.25, -0.2) is 4.79 Å². The van der Waals surface area contributed by atoms with E-state index in [-0.39, 0.29) is 28.0 Å². The van der Waals surface area contributed by atoms with Crippen LogP contribution in [0.4, 0.5) is 4.79 Å². The lowest BCUT2D eigenvalue weighted by Crippen LogP contribution is -2.27. The lowest BCUT2D eigenvalue weighted by Gasteiger charge is -2.15. The fourth-order valence-corrected chi connectivity index (χ4v) is 5.01.